The predicted molar refractivity (Wildman–Crippen MR) is 110 cm³/mol. The number of aromatic nitrogens is 2. The van der Waals surface area contributed by atoms with Gasteiger partial charge in [-0.05, 0) is 36.4 Å². The van der Waals surface area contributed by atoms with Gasteiger partial charge >= 0.3 is 5.97 Å². The Hall–Kier alpha value is -3.50. The maximum absolute atomic E-state index is 13.9. The third-order valence-corrected chi connectivity index (χ3v) is 5.27. The van der Waals surface area contributed by atoms with Crippen molar-refractivity contribution in [1.82, 2.24) is 14.9 Å². The summed E-state index contributed by atoms with van der Waals surface area (Å²) in [6.45, 7) is -0.408. The van der Waals surface area contributed by atoms with E-state index in [9.17, 15) is 28.3 Å². The lowest BCUT2D eigenvalue weighted by Crippen LogP contribution is -2.40. The molecule has 1 atom stereocenters. The molecule has 32 heavy (non-hydrogen) atoms. The number of hydrogen-bond acceptors (Lipinski definition) is 4. The summed E-state index contributed by atoms with van der Waals surface area (Å²) >= 11 is 12.0. The fourth-order valence-electron chi connectivity index (χ4n) is 3.42. The molecule has 0 radical (unpaired) electrons. The van der Waals surface area contributed by atoms with Crippen molar-refractivity contribution >= 4 is 46.8 Å². The molecular weight excluding hydrogens is 469 g/mol. The summed E-state index contributed by atoms with van der Waals surface area (Å²) in [5, 5.41) is 14.6. The number of carbonyl (C=O) groups excluding carboxylic acids is 2. The predicted octanol–water partition coefficient (Wildman–Crippen LogP) is 3.64. The molecule has 2 amide bonds. The zero-order chi connectivity index (χ0) is 23.2. The van der Waals surface area contributed by atoms with Crippen LogP contribution in [0.4, 0.5) is 14.6 Å². The Morgan fingerprint density at radius 3 is 2.59 bits per heavy atom. The number of benzene rings is 2. The molecule has 0 spiro atoms. The topological polar surface area (TPSA) is 113 Å². The molecule has 2 aromatic carbocycles. The van der Waals surface area contributed by atoms with Crippen LogP contribution >= 0.6 is 23.2 Å². The number of amides is 2. The molecule has 1 aromatic heterocycles. The summed E-state index contributed by atoms with van der Waals surface area (Å²) in [7, 11) is 0. The van der Waals surface area contributed by atoms with Crippen molar-refractivity contribution in [1.29, 1.82) is 0 Å². The van der Waals surface area contributed by atoms with Crippen LogP contribution in [0.25, 0.3) is 0 Å². The average molecular weight is 481 g/mol. The monoisotopic (exact) mass is 480 g/mol. The van der Waals surface area contributed by atoms with Crippen LogP contribution in [0.15, 0.2) is 36.4 Å². The molecular formula is C20H12Cl2F2N4O4. The molecule has 0 saturated heterocycles. The number of nitrogens with one attached hydrogen (secondary N) is 2. The van der Waals surface area contributed by atoms with Crippen LogP contribution < -0.4 is 10.6 Å². The maximum Gasteiger partial charge on any atom is 0.372 e. The minimum atomic E-state index is -1.46. The summed E-state index contributed by atoms with van der Waals surface area (Å²) in [5.74, 6) is -5.01. The van der Waals surface area contributed by atoms with E-state index in [-0.39, 0.29) is 32.7 Å². The van der Waals surface area contributed by atoms with Gasteiger partial charge in [0, 0.05) is 21.2 Å². The summed E-state index contributed by atoms with van der Waals surface area (Å²) in [6.07, 6.45) is 0. The number of aromatic carboxylic acids is 1. The van der Waals surface area contributed by atoms with E-state index in [0.29, 0.717) is 0 Å². The Bertz CT molecular complexity index is 1270. The highest BCUT2D eigenvalue weighted by atomic mass is 35.5. The van der Waals surface area contributed by atoms with Crippen LogP contribution in [0, 0.1) is 11.6 Å². The molecule has 3 N–H and O–H groups in total. The van der Waals surface area contributed by atoms with Gasteiger partial charge in [0.05, 0.1) is 11.7 Å². The van der Waals surface area contributed by atoms with Crippen LogP contribution in [-0.4, -0.2) is 32.4 Å². The Morgan fingerprint density at radius 2 is 1.91 bits per heavy atom. The van der Waals surface area contributed by atoms with Gasteiger partial charge in [0.25, 0.3) is 5.91 Å². The van der Waals surface area contributed by atoms with Crippen molar-refractivity contribution < 1.29 is 28.3 Å². The molecule has 0 fully saturated rings. The van der Waals surface area contributed by atoms with E-state index in [4.69, 9.17) is 23.2 Å². The fraction of sp³-hybridized carbons (Fsp3) is 0.100. The van der Waals surface area contributed by atoms with Crippen molar-refractivity contribution in [3.8, 4) is 0 Å². The second-order valence-corrected chi connectivity index (χ2v) is 7.68. The number of fused-ring (bicyclic) bond motifs is 1. The van der Waals surface area contributed by atoms with Gasteiger partial charge in [-0.15, -0.1) is 0 Å². The second kappa shape index (κ2) is 8.21. The zero-order valence-corrected chi connectivity index (χ0v) is 17.3. The number of hydrogen-bond donors (Lipinski definition) is 3. The highest BCUT2D eigenvalue weighted by Crippen LogP contribution is 2.36. The van der Waals surface area contributed by atoms with E-state index >= 15 is 0 Å². The van der Waals surface area contributed by atoms with Crippen molar-refractivity contribution in [3.63, 3.8) is 0 Å². The van der Waals surface area contributed by atoms with Gasteiger partial charge in [-0.3, -0.25) is 9.59 Å². The molecule has 0 saturated carbocycles. The molecule has 3 aromatic rings. The lowest BCUT2D eigenvalue weighted by Gasteiger charge is -2.27. The molecule has 0 bridgehead atoms. The molecule has 4 rings (SSSR count). The summed E-state index contributed by atoms with van der Waals surface area (Å²) in [6, 6.07) is 5.51. The molecule has 164 valence electrons. The van der Waals surface area contributed by atoms with Crippen molar-refractivity contribution in [3.05, 3.63) is 80.7 Å². The molecule has 8 nitrogen and oxygen atoms in total. The van der Waals surface area contributed by atoms with E-state index in [2.05, 4.69) is 15.6 Å². The molecule has 0 aliphatic carbocycles. The largest absolute Gasteiger partial charge is 0.475 e. The van der Waals surface area contributed by atoms with E-state index in [1.54, 1.807) is 0 Å². The molecule has 2 heterocycles. The van der Waals surface area contributed by atoms with Crippen LogP contribution in [0.3, 0.4) is 0 Å². The Labute approximate surface area is 188 Å². The maximum atomic E-state index is 13.9. The van der Waals surface area contributed by atoms with E-state index in [0.717, 1.165) is 28.8 Å². The van der Waals surface area contributed by atoms with Crippen molar-refractivity contribution in [2.75, 3.05) is 5.32 Å². The summed E-state index contributed by atoms with van der Waals surface area (Å²) in [4.78, 5) is 40.6. The third kappa shape index (κ3) is 4.02. The van der Waals surface area contributed by atoms with Gasteiger partial charge in [0.2, 0.25) is 11.7 Å². The summed E-state index contributed by atoms with van der Waals surface area (Å²) < 4.78 is 28.7. The van der Waals surface area contributed by atoms with E-state index in [1.165, 1.54) is 12.1 Å². The quantitative estimate of drug-likeness (QED) is 0.527. The first-order valence-corrected chi connectivity index (χ1v) is 9.75. The number of carbonyl (C=O) groups is 3. The zero-order valence-electron chi connectivity index (χ0n) is 15.8. The Morgan fingerprint density at radius 1 is 1.16 bits per heavy atom. The van der Waals surface area contributed by atoms with Crippen LogP contribution in [-0.2, 0) is 11.3 Å². The van der Waals surface area contributed by atoms with Crippen molar-refractivity contribution in [2.24, 2.45) is 0 Å². The van der Waals surface area contributed by atoms with Gasteiger partial charge in [-0.25, -0.2) is 18.6 Å². The van der Waals surface area contributed by atoms with Gasteiger partial charge < -0.3 is 20.3 Å². The number of nitrogens with zero attached hydrogens (tertiary/aromatic N) is 2. The first kappa shape index (κ1) is 21.7. The van der Waals surface area contributed by atoms with E-state index in [1.807, 2.05) is 0 Å². The summed E-state index contributed by atoms with van der Waals surface area (Å²) in [5.41, 5.74) is 0.0428. The lowest BCUT2D eigenvalue weighted by atomic mass is 10.0. The third-order valence-electron chi connectivity index (χ3n) is 4.70. The second-order valence-electron chi connectivity index (χ2n) is 6.84. The number of imidazole rings is 1. The Kier molecular flexibility index (Phi) is 5.57. The smallest absolute Gasteiger partial charge is 0.372 e. The normalized spacial score (nSPS) is 15.1. The first-order chi connectivity index (χ1) is 15.1. The highest BCUT2D eigenvalue weighted by Gasteiger charge is 2.36. The highest BCUT2D eigenvalue weighted by molar-refractivity contribution is 6.31. The number of rotatable bonds is 4. The molecule has 1 aliphatic heterocycles. The van der Waals surface area contributed by atoms with Gasteiger partial charge in [-0.1, -0.05) is 23.2 Å². The van der Waals surface area contributed by atoms with Crippen LogP contribution in [0.5, 0.6) is 0 Å². The lowest BCUT2D eigenvalue weighted by molar-refractivity contribution is -0.123. The van der Waals surface area contributed by atoms with Gasteiger partial charge in [-0.2, -0.15) is 0 Å². The van der Waals surface area contributed by atoms with Crippen LogP contribution in [0.2, 0.25) is 10.0 Å². The minimum Gasteiger partial charge on any atom is -0.475 e. The number of anilines is 1. The standard InChI is InChI=1S/C20H12Cl2F2N4O4/c21-9-3-8(4-11(24)5-9)19(30)27-17-16-15(12-6-10(23)1-2-13(12)22)25-14(29)7-28(16)18(26-17)20(31)32/h1-6,15H,7H2,(H,25,29)(H,27,30)(H,31,32). The SMILES string of the molecule is O=C1Cn2c(C(=O)O)nc(NC(=O)c3cc(F)cc(Cl)c3)c2C(c2cc(F)ccc2Cl)N1. The molecule has 12 heteroatoms. The molecule has 1 aliphatic rings. The van der Waals surface area contributed by atoms with Gasteiger partial charge in [0.1, 0.15) is 18.2 Å². The number of halogens is 4. The van der Waals surface area contributed by atoms with Crippen LogP contribution in [0.1, 0.15) is 38.3 Å². The number of carboxylic acid groups (broad SMARTS) is 1. The van der Waals surface area contributed by atoms with Crippen molar-refractivity contribution in [2.45, 2.75) is 12.6 Å². The van der Waals surface area contributed by atoms with Gasteiger partial charge in [0.15, 0.2) is 5.82 Å². The van der Waals surface area contributed by atoms with E-state index < -0.39 is 47.8 Å². The minimum absolute atomic E-state index is 0.0232. The fourth-order valence-corrected chi connectivity index (χ4v) is 3.87. The average Bonchev–Trinajstić information content (AvgIpc) is 3.06. The first-order valence-electron chi connectivity index (χ1n) is 8.99. The molecule has 1 unspecified atom stereocenters. The number of carboxylic acids is 1. The Balaban J connectivity index is 1.85.